The summed E-state index contributed by atoms with van der Waals surface area (Å²) in [5.74, 6) is 1.18. The van der Waals surface area contributed by atoms with Gasteiger partial charge in [-0.1, -0.05) is 11.2 Å². The molecule has 1 saturated carbocycles. The van der Waals surface area contributed by atoms with Gasteiger partial charge in [-0.05, 0) is 31.0 Å². The molecule has 1 unspecified atom stereocenters. The molecule has 6 heteroatoms. The molecule has 1 heterocycles. The van der Waals surface area contributed by atoms with E-state index in [-0.39, 0.29) is 5.75 Å². The summed E-state index contributed by atoms with van der Waals surface area (Å²) in [4.78, 5) is 4.63. The third kappa shape index (κ3) is 2.48. The summed E-state index contributed by atoms with van der Waals surface area (Å²) in [5, 5.41) is 3.79. The molecule has 18 heavy (non-hydrogen) atoms. The quantitative estimate of drug-likeness (QED) is 0.852. The molecule has 1 atom stereocenters. The van der Waals surface area contributed by atoms with E-state index < -0.39 is 16.6 Å². The fraction of sp³-hybridized carbons (Fsp3) is 0.333. The zero-order valence-corrected chi connectivity index (χ0v) is 10.3. The summed E-state index contributed by atoms with van der Waals surface area (Å²) in [6.45, 7) is 0. The van der Waals surface area contributed by atoms with Crippen molar-refractivity contribution in [3.05, 3.63) is 41.8 Å². The van der Waals surface area contributed by atoms with E-state index in [0.717, 1.165) is 12.8 Å². The lowest BCUT2D eigenvalue weighted by Crippen LogP contribution is -1.99. The van der Waals surface area contributed by atoms with Crippen LogP contribution in [-0.2, 0) is 16.6 Å². The van der Waals surface area contributed by atoms with Gasteiger partial charge in [-0.25, -0.2) is 4.39 Å². The van der Waals surface area contributed by atoms with Crippen molar-refractivity contribution in [1.82, 2.24) is 10.1 Å². The van der Waals surface area contributed by atoms with Gasteiger partial charge in [0.05, 0.1) is 16.6 Å². The monoisotopic (exact) mass is 266 g/mol. The molecule has 94 valence electrons. The predicted molar refractivity (Wildman–Crippen MR) is 62.8 cm³/mol. The van der Waals surface area contributed by atoms with Crippen LogP contribution in [0.1, 0.15) is 30.5 Å². The molecule has 4 nitrogen and oxygen atoms in total. The van der Waals surface area contributed by atoms with E-state index in [1.54, 1.807) is 6.07 Å². The summed E-state index contributed by atoms with van der Waals surface area (Å²) in [6, 6.07) is 5.74. The number of rotatable bonds is 4. The van der Waals surface area contributed by atoms with Crippen LogP contribution in [0.25, 0.3) is 0 Å². The molecule has 1 aliphatic rings. The average molecular weight is 266 g/mol. The van der Waals surface area contributed by atoms with Crippen molar-refractivity contribution in [2.24, 2.45) is 0 Å². The molecule has 0 bridgehead atoms. The zero-order chi connectivity index (χ0) is 12.5. The summed E-state index contributed by atoms with van der Waals surface area (Å²) >= 11 is 0. The lowest BCUT2D eigenvalue weighted by atomic mass is 10.4. The van der Waals surface area contributed by atoms with E-state index in [1.165, 1.54) is 18.2 Å². The van der Waals surface area contributed by atoms with Crippen molar-refractivity contribution in [3.63, 3.8) is 0 Å². The maximum Gasteiger partial charge on any atom is 0.229 e. The molecule has 0 saturated heterocycles. The molecule has 1 aromatic carbocycles. The van der Waals surface area contributed by atoms with E-state index in [1.807, 2.05) is 0 Å². The molecule has 1 aromatic heterocycles. The summed E-state index contributed by atoms with van der Waals surface area (Å²) in [7, 11) is -1.35. The van der Waals surface area contributed by atoms with Crippen LogP contribution in [0.2, 0.25) is 0 Å². The first-order valence-electron chi connectivity index (χ1n) is 5.69. The number of halogens is 1. The number of aromatic nitrogens is 2. The standard InChI is InChI=1S/C12H11FN2O2S/c13-9-2-1-3-10(6-9)18(16)7-11-14-12(17-15-11)8-4-5-8/h1-3,6,8H,4-5,7H2. The number of nitrogens with zero attached hydrogens (tertiary/aromatic N) is 2. The van der Waals surface area contributed by atoms with Gasteiger partial charge in [0.25, 0.3) is 0 Å². The highest BCUT2D eigenvalue weighted by molar-refractivity contribution is 7.84. The van der Waals surface area contributed by atoms with Crippen LogP contribution in [0.4, 0.5) is 4.39 Å². The summed E-state index contributed by atoms with van der Waals surface area (Å²) in [5.41, 5.74) is 0. The second-order valence-corrected chi connectivity index (χ2v) is 5.72. The Morgan fingerprint density at radius 3 is 3.00 bits per heavy atom. The Bertz CT molecular complexity index is 595. The van der Waals surface area contributed by atoms with E-state index >= 15 is 0 Å². The maximum absolute atomic E-state index is 13.0. The molecule has 0 aliphatic heterocycles. The minimum absolute atomic E-state index is 0.152. The van der Waals surface area contributed by atoms with Crippen molar-refractivity contribution in [1.29, 1.82) is 0 Å². The third-order valence-electron chi connectivity index (χ3n) is 2.73. The van der Waals surface area contributed by atoms with E-state index in [9.17, 15) is 8.60 Å². The summed E-state index contributed by atoms with van der Waals surface area (Å²) in [6.07, 6.45) is 2.16. The SMILES string of the molecule is O=S(Cc1noc(C2CC2)n1)c1cccc(F)c1. The Hall–Kier alpha value is -1.56. The van der Waals surface area contributed by atoms with Crippen LogP contribution in [-0.4, -0.2) is 14.3 Å². The Morgan fingerprint density at radius 1 is 1.44 bits per heavy atom. The van der Waals surface area contributed by atoms with E-state index in [0.29, 0.717) is 22.5 Å². The van der Waals surface area contributed by atoms with Gasteiger partial charge in [-0.2, -0.15) is 4.98 Å². The largest absolute Gasteiger partial charge is 0.339 e. The van der Waals surface area contributed by atoms with Gasteiger partial charge in [-0.15, -0.1) is 0 Å². The zero-order valence-electron chi connectivity index (χ0n) is 9.51. The smallest absolute Gasteiger partial charge is 0.229 e. The van der Waals surface area contributed by atoms with Crippen LogP contribution >= 0.6 is 0 Å². The van der Waals surface area contributed by atoms with Crippen LogP contribution < -0.4 is 0 Å². The minimum atomic E-state index is -1.35. The van der Waals surface area contributed by atoms with Crippen molar-refractivity contribution in [2.45, 2.75) is 29.4 Å². The van der Waals surface area contributed by atoms with Gasteiger partial charge in [0.1, 0.15) is 5.82 Å². The molecule has 3 rings (SSSR count). The van der Waals surface area contributed by atoms with Crippen molar-refractivity contribution < 1.29 is 13.1 Å². The highest BCUT2D eigenvalue weighted by Crippen LogP contribution is 2.38. The highest BCUT2D eigenvalue weighted by atomic mass is 32.2. The molecule has 0 radical (unpaired) electrons. The second kappa shape index (κ2) is 4.61. The highest BCUT2D eigenvalue weighted by Gasteiger charge is 2.29. The minimum Gasteiger partial charge on any atom is -0.339 e. The number of benzene rings is 1. The Morgan fingerprint density at radius 2 is 2.28 bits per heavy atom. The lowest BCUT2D eigenvalue weighted by Gasteiger charge is -1.98. The van der Waals surface area contributed by atoms with Crippen molar-refractivity contribution in [3.8, 4) is 0 Å². The number of hydrogen-bond donors (Lipinski definition) is 0. The first-order valence-corrected chi connectivity index (χ1v) is 7.00. The van der Waals surface area contributed by atoms with Crippen LogP contribution in [0.5, 0.6) is 0 Å². The van der Waals surface area contributed by atoms with Crippen LogP contribution in [0.3, 0.4) is 0 Å². The summed E-state index contributed by atoms with van der Waals surface area (Å²) < 4.78 is 30.1. The third-order valence-corrected chi connectivity index (χ3v) is 4.03. The van der Waals surface area contributed by atoms with Gasteiger partial charge in [0.15, 0.2) is 5.82 Å². The van der Waals surface area contributed by atoms with Gasteiger partial charge >= 0.3 is 0 Å². The lowest BCUT2D eigenvalue weighted by molar-refractivity contribution is 0.375. The van der Waals surface area contributed by atoms with Gasteiger partial charge in [0, 0.05) is 10.8 Å². The average Bonchev–Trinajstić information content (AvgIpc) is 3.11. The molecule has 1 aliphatic carbocycles. The van der Waals surface area contributed by atoms with Gasteiger partial charge < -0.3 is 4.52 Å². The number of hydrogen-bond acceptors (Lipinski definition) is 4. The molecule has 2 aromatic rings. The predicted octanol–water partition coefficient (Wildman–Crippen LogP) is 2.39. The first-order chi connectivity index (χ1) is 8.72. The van der Waals surface area contributed by atoms with Crippen LogP contribution in [0.15, 0.2) is 33.7 Å². The van der Waals surface area contributed by atoms with Gasteiger partial charge in [-0.3, -0.25) is 4.21 Å². The molecule has 0 N–H and O–H groups in total. The normalized spacial score (nSPS) is 16.7. The molecular weight excluding hydrogens is 255 g/mol. The van der Waals surface area contributed by atoms with Crippen LogP contribution in [0, 0.1) is 5.82 Å². The molecule has 1 fully saturated rings. The topological polar surface area (TPSA) is 56.0 Å². The first kappa shape index (κ1) is 11.5. The fourth-order valence-electron chi connectivity index (χ4n) is 1.63. The molecule has 0 spiro atoms. The van der Waals surface area contributed by atoms with E-state index in [4.69, 9.17) is 4.52 Å². The van der Waals surface area contributed by atoms with E-state index in [2.05, 4.69) is 10.1 Å². The van der Waals surface area contributed by atoms with Crippen molar-refractivity contribution in [2.75, 3.05) is 0 Å². The fourth-order valence-corrected chi connectivity index (χ4v) is 2.62. The molecular formula is C12H11FN2O2S. The second-order valence-electron chi connectivity index (χ2n) is 4.27. The van der Waals surface area contributed by atoms with Gasteiger partial charge in [0.2, 0.25) is 5.89 Å². The van der Waals surface area contributed by atoms with Crippen molar-refractivity contribution >= 4 is 10.8 Å². The molecule has 0 amide bonds. The Kier molecular flexibility index (Phi) is 2.95. The maximum atomic E-state index is 13.0. The Labute approximate surface area is 106 Å². The Balaban J connectivity index is 1.73.